The van der Waals surface area contributed by atoms with Gasteiger partial charge in [-0.3, -0.25) is 0 Å². The molecule has 0 aromatic heterocycles. The lowest BCUT2D eigenvalue weighted by molar-refractivity contribution is 0.423. The van der Waals surface area contributed by atoms with Gasteiger partial charge in [0.15, 0.2) is 0 Å². The second-order valence-corrected chi connectivity index (χ2v) is 2.10. The summed E-state index contributed by atoms with van der Waals surface area (Å²) in [5.41, 5.74) is 0.958. The highest BCUT2D eigenvalue weighted by Gasteiger charge is 1.94. The Bertz CT molecular complexity index is 185. The lowest BCUT2D eigenvalue weighted by Gasteiger charge is -1.93. The van der Waals surface area contributed by atoms with Crippen molar-refractivity contribution in [2.75, 3.05) is 0 Å². The van der Waals surface area contributed by atoms with Gasteiger partial charge in [0.2, 0.25) is 0 Å². The Kier molecular flexibility index (Phi) is 1.73. The molecule has 0 amide bonds. The highest BCUT2D eigenvalue weighted by atomic mass is 16.3. The molecule has 0 heterocycles. The third kappa shape index (κ3) is 1.46. The molecule has 0 aromatic carbocycles. The molecule has 1 nitrogen and oxygen atoms in total. The van der Waals surface area contributed by atoms with E-state index in [2.05, 4.69) is 0 Å². The fourth-order valence-electron chi connectivity index (χ4n) is 0.719. The molecule has 9 heavy (non-hydrogen) atoms. The highest BCUT2D eigenvalue weighted by Crippen LogP contribution is 2.09. The molecule has 1 heteroatoms. The number of aliphatic hydroxyl groups excluding tert-OH is 1. The highest BCUT2D eigenvalue weighted by molar-refractivity contribution is 5.29. The van der Waals surface area contributed by atoms with Crippen molar-refractivity contribution in [3.05, 3.63) is 35.6 Å². The summed E-state index contributed by atoms with van der Waals surface area (Å²) < 4.78 is 0. The van der Waals surface area contributed by atoms with Crippen LogP contribution in [0, 0.1) is 0 Å². The van der Waals surface area contributed by atoms with Crippen molar-refractivity contribution in [2.24, 2.45) is 0 Å². The Morgan fingerprint density at radius 2 is 2.33 bits per heavy atom. The second-order valence-electron chi connectivity index (χ2n) is 2.10. The van der Waals surface area contributed by atoms with Gasteiger partial charge in [-0.05, 0) is 25.0 Å². The second kappa shape index (κ2) is 2.53. The van der Waals surface area contributed by atoms with E-state index in [1.807, 2.05) is 25.2 Å². The van der Waals surface area contributed by atoms with Crippen molar-refractivity contribution in [3.8, 4) is 0 Å². The number of hydrogen-bond acceptors (Lipinski definition) is 1. The molecule has 1 N–H and O–H groups in total. The van der Waals surface area contributed by atoms with E-state index in [0.717, 1.165) is 12.0 Å². The van der Waals surface area contributed by atoms with Gasteiger partial charge in [0.25, 0.3) is 0 Å². The van der Waals surface area contributed by atoms with Gasteiger partial charge in [-0.15, -0.1) is 0 Å². The number of hydrogen-bond donors (Lipinski definition) is 1. The van der Waals surface area contributed by atoms with Crippen molar-refractivity contribution in [2.45, 2.75) is 13.3 Å². The lowest BCUT2D eigenvalue weighted by atomic mass is 10.2. The fourth-order valence-corrected chi connectivity index (χ4v) is 0.719. The molecule has 0 bridgehead atoms. The van der Waals surface area contributed by atoms with E-state index >= 15 is 0 Å². The van der Waals surface area contributed by atoms with Crippen molar-refractivity contribution in [1.82, 2.24) is 0 Å². The third-order valence-electron chi connectivity index (χ3n) is 1.35. The van der Waals surface area contributed by atoms with E-state index < -0.39 is 0 Å². The van der Waals surface area contributed by atoms with Gasteiger partial charge in [-0.1, -0.05) is 18.2 Å². The molecular formula is C8H10O. The Labute approximate surface area is 55.0 Å². The predicted octanol–water partition coefficient (Wildman–Crippen LogP) is 2.33. The van der Waals surface area contributed by atoms with Crippen molar-refractivity contribution in [3.63, 3.8) is 0 Å². The molecule has 0 aromatic rings. The number of allylic oxidation sites excluding steroid dienone is 5. The summed E-state index contributed by atoms with van der Waals surface area (Å²) in [5, 5.41) is 9.10. The van der Waals surface area contributed by atoms with Crippen LogP contribution in [0.1, 0.15) is 13.3 Å². The van der Waals surface area contributed by atoms with Gasteiger partial charge >= 0.3 is 0 Å². The van der Waals surface area contributed by atoms with Crippen LogP contribution >= 0.6 is 0 Å². The maximum Gasteiger partial charge on any atom is 0.118 e. The van der Waals surface area contributed by atoms with E-state index in [1.165, 1.54) is 0 Å². The van der Waals surface area contributed by atoms with E-state index in [0.29, 0.717) is 5.76 Å². The largest absolute Gasteiger partial charge is 0.508 e. The molecule has 0 aliphatic heterocycles. The average Bonchev–Trinajstić information content (AvgIpc) is 1.99. The van der Waals surface area contributed by atoms with Crippen LogP contribution in [0.2, 0.25) is 0 Å². The minimum Gasteiger partial charge on any atom is -0.508 e. The SMILES string of the molecule is CC1=CCC=CC=C1O. The van der Waals surface area contributed by atoms with Crippen LogP contribution in [0.5, 0.6) is 0 Å². The summed E-state index contributed by atoms with van der Waals surface area (Å²) in [6.07, 6.45) is 8.50. The molecule has 0 fully saturated rings. The first kappa shape index (κ1) is 6.14. The summed E-state index contributed by atoms with van der Waals surface area (Å²) >= 11 is 0. The predicted molar refractivity (Wildman–Crippen MR) is 38.2 cm³/mol. The molecule has 0 atom stereocenters. The van der Waals surface area contributed by atoms with Gasteiger partial charge in [0.1, 0.15) is 5.76 Å². The van der Waals surface area contributed by atoms with Crippen LogP contribution in [0.3, 0.4) is 0 Å². The molecule has 0 saturated carbocycles. The monoisotopic (exact) mass is 122 g/mol. The zero-order valence-corrected chi connectivity index (χ0v) is 5.46. The summed E-state index contributed by atoms with van der Waals surface area (Å²) in [7, 11) is 0. The standard InChI is InChI=1S/C8H10O/c1-7-5-3-2-4-6-8(7)9/h2,4-6,9H,3H2,1H3. The van der Waals surface area contributed by atoms with E-state index in [4.69, 9.17) is 5.11 Å². The average molecular weight is 122 g/mol. The van der Waals surface area contributed by atoms with E-state index in [9.17, 15) is 0 Å². The number of rotatable bonds is 0. The Hall–Kier alpha value is -0.980. The topological polar surface area (TPSA) is 20.2 Å². The zero-order chi connectivity index (χ0) is 6.69. The first-order valence-corrected chi connectivity index (χ1v) is 3.03. The van der Waals surface area contributed by atoms with Crippen LogP contribution in [0.25, 0.3) is 0 Å². The molecule has 1 aliphatic rings. The van der Waals surface area contributed by atoms with Gasteiger partial charge in [-0.2, -0.15) is 0 Å². The molecule has 1 aliphatic carbocycles. The quantitative estimate of drug-likeness (QED) is 0.522. The van der Waals surface area contributed by atoms with Crippen LogP contribution in [0.4, 0.5) is 0 Å². The third-order valence-corrected chi connectivity index (χ3v) is 1.35. The molecule has 0 radical (unpaired) electrons. The summed E-state index contributed by atoms with van der Waals surface area (Å²) in [5.74, 6) is 0.378. The molecular weight excluding hydrogens is 112 g/mol. The summed E-state index contributed by atoms with van der Waals surface area (Å²) in [6.45, 7) is 1.90. The lowest BCUT2D eigenvalue weighted by Crippen LogP contribution is -1.79. The van der Waals surface area contributed by atoms with Crippen LogP contribution in [0.15, 0.2) is 35.6 Å². The van der Waals surface area contributed by atoms with Gasteiger partial charge in [0.05, 0.1) is 0 Å². The molecule has 0 unspecified atom stereocenters. The first-order chi connectivity index (χ1) is 4.30. The Morgan fingerprint density at radius 3 is 3.11 bits per heavy atom. The van der Waals surface area contributed by atoms with E-state index in [1.54, 1.807) is 6.08 Å². The Balaban J connectivity index is 2.85. The van der Waals surface area contributed by atoms with Gasteiger partial charge in [-0.25, -0.2) is 0 Å². The van der Waals surface area contributed by atoms with Gasteiger partial charge < -0.3 is 5.11 Å². The zero-order valence-electron chi connectivity index (χ0n) is 5.46. The smallest absolute Gasteiger partial charge is 0.118 e. The first-order valence-electron chi connectivity index (χ1n) is 3.03. The molecule has 0 saturated heterocycles. The fraction of sp³-hybridized carbons (Fsp3) is 0.250. The molecule has 1 rings (SSSR count). The maximum absolute atomic E-state index is 9.10. The van der Waals surface area contributed by atoms with Gasteiger partial charge in [0, 0.05) is 0 Å². The Morgan fingerprint density at radius 1 is 1.56 bits per heavy atom. The van der Waals surface area contributed by atoms with Crippen molar-refractivity contribution < 1.29 is 5.11 Å². The van der Waals surface area contributed by atoms with Crippen molar-refractivity contribution in [1.29, 1.82) is 0 Å². The van der Waals surface area contributed by atoms with Crippen LogP contribution in [-0.4, -0.2) is 5.11 Å². The van der Waals surface area contributed by atoms with Crippen molar-refractivity contribution >= 4 is 0 Å². The number of aliphatic hydroxyl groups is 1. The van der Waals surface area contributed by atoms with Crippen LogP contribution < -0.4 is 0 Å². The summed E-state index contributed by atoms with van der Waals surface area (Å²) in [6, 6.07) is 0. The van der Waals surface area contributed by atoms with Crippen LogP contribution in [-0.2, 0) is 0 Å². The molecule has 48 valence electrons. The minimum absolute atomic E-state index is 0.378. The normalized spacial score (nSPS) is 18.3. The maximum atomic E-state index is 9.10. The summed E-state index contributed by atoms with van der Waals surface area (Å²) in [4.78, 5) is 0. The minimum atomic E-state index is 0.378. The molecule has 0 spiro atoms. The van der Waals surface area contributed by atoms with E-state index in [-0.39, 0.29) is 0 Å².